The monoisotopic (exact) mass is 332 g/mol. The summed E-state index contributed by atoms with van der Waals surface area (Å²) < 4.78 is 12.4. The van der Waals surface area contributed by atoms with Crippen molar-refractivity contribution in [1.82, 2.24) is 0 Å². The number of rotatable bonds is 1. The molecule has 1 aliphatic heterocycles. The second-order valence-corrected chi connectivity index (χ2v) is 7.55. The summed E-state index contributed by atoms with van der Waals surface area (Å²) in [7, 11) is -0.383. The molecule has 0 aromatic heterocycles. The van der Waals surface area contributed by atoms with Gasteiger partial charge >= 0.3 is 7.12 Å². The summed E-state index contributed by atoms with van der Waals surface area (Å²) in [6.07, 6.45) is 0. The highest BCUT2D eigenvalue weighted by molar-refractivity contribution is 6.62. The first kappa shape index (κ1) is 17.7. The van der Waals surface area contributed by atoms with Gasteiger partial charge in [-0.15, -0.1) is 0 Å². The molecular weight excluding hydrogens is 307 g/mol. The van der Waals surface area contributed by atoms with Crippen LogP contribution in [0.2, 0.25) is 0 Å². The van der Waals surface area contributed by atoms with Crippen molar-refractivity contribution in [3.63, 3.8) is 0 Å². The number of hydrogen-bond acceptors (Lipinski definition) is 2. The predicted molar refractivity (Wildman–Crippen MR) is 108 cm³/mol. The zero-order valence-electron chi connectivity index (χ0n) is 15.5. The van der Waals surface area contributed by atoms with Crippen molar-refractivity contribution in [1.29, 1.82) is 0 Å². The smallest absolute Gasteiger partial charge is 0.399 e. The van der Waals surface area contributed by atoms with Gasteiger partial charge in [0.1, 0.15) is 0 Å². The fourth-order valence-corrected chi connectivity index (χ4v) is 2.88. The van der Waals surface area contributed by atoms with Gasteiger partial charge in [-0.05, 0) is 54.4 Å². The molecular formula is C22H25BO2. The molecule has 0 spiro atoms. The van der Waals surface area contributed by atoms with E-state index in [1.165, 1.54) is 0 Å². The Morgan fingerprint density at radius 2 is 1.24 bits per heavy atom. The SMILES string of the molecule is C=c1ccccccc(=C)c2cc(B3OC(C)(C)C(C)(C)O3)ccc12. The molecule has 2 nitrogen and oxygen atoms in total. The molecule has 0 amide bonds. The highest BCUT2D eigenvalue weighted by Gasteiger charge is 2.51. The van der Waals surface area contributed by atoms with Gasteiger partial charge in [0.25, 0.3) is 0 Å². The molecule has 1 heterocycles. The largest absolute Gasteiger partial charge is 0.494 e. The summed E-state index contributed by atoms with van der Waals surface area (Å²) >= 11 is 0. The van der Waals surface area contributed by atoms with Crippen LogP contribution in [0.4, 0.5) is 0 Å². The van der Waals surface area contributed by atoms with Crippen LogP contribution in [0.15, 0.2) is 54.6 Å². The van der Waals surface area contributed by atoms with Gasteiger partial charge in [-0.25, -0.2) is 0 Å². The zero-order chi connectivity index (χ0) is 18.2. The van der Waals surface area contributed by atoms with Crippen molar-refractivity contribution in [3.05, 3.63) is 65.0 Å². The summed E-state index contributed by atoms with van der Waals surface area (Å²) in [6, 6.07) is 18.2. The van der Waals surface area contributed by atoms with Crippen molar-refractivity contribution in [2.24, 2.45) is 0 Å². The average molecular weight is 332 g/mol. The van der Waals surface area contributed by atoms with Crippen molar-refractivity contribution in [3.8, 4) is 0 Å². The zero-order valence-corrected chi connectivity index (χ0v) is 15.5. The van der Waals surface area contributed by atoms with Crippen molar-refractivity contribution in [2.75, 3.05) is 0 Å². The molecule has 0 saturated carbocycles. The summed E-state index contributed by atoms with van der Waals surface area (Å²) in [5.41, 5.74) is 0.285. The Morgan fingerprint density at radius 1 is 0.720 bits per heavy atom. The summed E-state index contributed by atoms with van der Waals surface area (Å²) in [6.45, 7) is 16.7. The first-order chi connectivity index (χ1) is 11.7. The van der Waals surface area contributed by atoms with Crippen LogP contribution in [-0.4, -0.2) is 18.3 Å². The van der Waals surface area contributed by atoms with Crippen LogP contribution in [-0.2, 0) is 9.31 Å². The summed E-state index contributed by atoms with van der Waals surface area (Å²) in [4.78, 5) is 0. The molecule has 0 aliphatic carbocycles. The molecule has 128 valence electrons. The van der Waals surface area contributed by atoms with E-state index in [-0.39, 0.29) is 18.3 Å². The van der Waals surface area contributed by atoms with Crippen LogP contribution >= 0.6 is 0 Å². The van der Waals surface area contributed by atoms with Gasteiger partial charge < -0.3 is 9.31 Å². The van der Waals surface area contributed by atoms with Gasteiger partial charge in [-0.2, -0.15) is 0 Å². The number of fused-ring (bicyclic) bond motifs is 1. The molecule has 25 heavy (non-hydrogen) atoms. The maximum Gasteiger partial charge on any atom is 0.494 e. The highest BCUT2D eigenvalue weighted by Crippen LogP contribution is 2.36. The van der Waals surface area contributed by atoms with Crippen molar-refractivity contribution in [2.45, 2.75) is 38.9 Å². The molecule has 1 aliphatic rings. The Bertz CT molecular complexity index is 945. The molecule has 0 N–H and O–H groups in total. The van der Waals surface area contributed by atoms with E-state index in [2.05, 4.69) is 59.1 Å². The van der Waals surface area contributed by atoms with Gasteiger partial charge in [-0.1, -0.05) is 67.8 Å². The first-order valence-corrected chi connectivity index (χ1v) is 8.61. The second-order valence-electron chi connectivity index (χ2n) is 7.55. The van der Waals surface area contributed by atoms with Crippen LogP contribution in [0.1, 0.15) is 27.7 Å². The van der Waals surface area contributed by atoms with Gasteiger partial charge in [0.15, 0.2) is 0 Å². The lowest BCUT2D eigenvalue weighted by Gasteiger charge is -2.32. The summed E-state index contributed by atoms with van der Waals surface area (Å²) in [5.74, 6) is 0. The minimum Gasteiger partial charge on any atom is -0.399 e. The van der Waals surface area contributed by atoms with Gasteiger partial charge in [0.2, 0.25) is 0 Å². The minimum absolute atomic E-state index is 0.356. The Morgan fingerprint density at radius 3 is 1.80 bits per heavy atom. The van der Waals surface area contributed by atoms with E-state index in [1.807, 2.05) is 36.4 Å². The van der Waals surface area contributed by atoms with Gasteiger partial charge in [-0.3, -0.25) is 0 Å². The van der Waals surface area contributed by atoms with E-state index in [9.17, 15) is 0 Å². The molecule has 3 heteroatoms. The molecule has 0 unspecified atom stereocenters. The molecule has 1 saturated heterocycles. The van der Waals surface area contributed by atoms with Crippen LogP contribution < -0.4 is 15.9 Å². The maximum atomic E-state index is 6.19. The molecule has 0 atom stereocenters. The fraction of sp³-hybridized carbons (Fsp3) is 0.273. The van der Waals surface area contributed by atoms with E-state index < -0.39 is 0 Å². The van der Waals surface area contributed by atoms with Crippen molar-refractivity contribution < 1.29 is 9.31 Å². The quantitative estimate of drug-likeness (QED) is 0.747. The second kappa shape index (κ2) is 6.32. The fourth-order valence-electron chi connectivity index (χ4n) is 2.88. The van der Waals surface area contributed by atoms with E-state index in [4.69, 9.17) is 9.31 Å². The van der Waals surface area contributed by atoms with Crippen LogP contribution in [0, 0.1) is 0 Å². The van der Waals surface area contributed by atoms with Crippen LogP contribution in [0.5, 0.6) is 0 Å². The Kier molecular flexibility index (Phi) is 4.48. The lowest BCUT2D eigenvalue weighted by molar-refractivity contribution is 0.00578. The molecule has 2 aromatic carbocycles. The van der Waals surface area contributed by atoms with Gasteiger partial charge in [0.05, 0.1) is 11.2 Å². The Labute approximate surface area is 150 Å². The third kappa shape index (κ3) is 3.35. The van der Waals surface area contributed by atoms with Gasteiger partial charge in [0, 0.05) is 0 Å². The van der Waals surface area contributed by atoms with Crippen LogP contribution in [0.3, 0.4) is 0 Å². The average Bonchev–Trinajstić information content (AvgIpc) is 2.77. The van der Waals surface area contributed by atoms with Crippen LogP contribution in [0.25, 0.3) is 23.9 Å². The maximum absolute atomic E-state index is 6.19. The summed E-state index contributed by atoms with van der Waals surface area (Å²) in [5, 5.41) is 4.01. The minimum atomic E-state index is -0.383. The molecule has 2 aromatic rings. The van der Waals surface area contributed by atoms with E-state index >= 15 is 0 Å². The Balaban J connectivity index is 2.20. The van der Waals surface area contributed by atoms with E-state index in [1.54, 1.807) is 0 Å². The first-order valence-electron chi connectivity index (χ1n) is 8.61. The normalized spacial score (nSPS) is 18.2. The molecule has 1 fully saturated rings. The predicted octanol–water partition coefficient (Wildman–Crippen LogP) is 3.08. The lowest BCUT2D eigenvalue weighted by atomic mass is 9.78. The standard InChI is InChI=1S/C22H25BO2/c1-16-11-9-7-8-10-12-17(2)20-15-18(13-14-19(16)20)23-24-21(3,4)22(5,6)25-23/h7-15H,1-2H2,3-6H3. The third-order valence-electron chi connectivity index (χ3n) is 5.19. The topological polar surface area (TPSA) is 18.5 Å². The molecule has 0 bridgehead atoms. The number of benzene rings is 1. The lowest BCUT2D eigenvalue weighted by Crippen LogP contribution is -2.41. The van der Waals surface area contributed by atoms with E-state index in [0.29, 0.717) is 0 Å². The Hall–Kier alpha value is -2.10. The van der Waals surface area contributed by atoms with Crippen molar-refractivity contribution >= 4 is 36.5 Å². The highest BCUT2D eigenvalue weighted by atomic mass is 16.7. The molecule has 3 rings (SSSR count). The number of hydrogen-bond donors (Lipinski definition) is 0. The van der Waals surface area contributed by atoms with E-state index in [0.717, 1.165) is 26.7 Å². The third-order valence-corrected chi connectivity index (χ3v) is 5.19. The molecule has 0 radical (unpaired) electrons.